The molecule has 0 aliphatic carbocycles. The summed E-state index contributed by atoms with van der Waals surface area (Å²) in [6, 6.07) is 13.2. The molecule has 0 spiro atoms. The number of nitrogens with zero attached hydrogens (tertiary/aromatic N) is 3. The summed E-state index contributed by atoms with van der Waals surface area (Å²) < 4.78 is 16.5. The smallest absolute Gasteiger partial charge is 0.232 e. The molecule has 8 nitrogen and oxygen atoms in total. The number of aryl methyl sites for hydroxylation is 1. The van der Waals surface area contributed by atoms with Gasteiger partial charge in [0.15, 0.2) is 17.3 Å². The third kappa shape index (κ3) is 4.55. The third-order valence-electron chi connectivity index (χ3n) is 3.73. The second-order valence-corrected chi connectivity index (χ2v) is 5.70. The quantitative estimate of drug-likeness (QED) is 0.656. The number of para-hydroxylation sites is 1. The molecule has 8 heteroatoms. The lowest BCUT2D eigenvalue weighted by atomic mass is 10.2. The molecule has 0 radical (unpaired) electrons. The molecule has 140 valence electrons. The van der Waals surface area contributed by atoms with Crippen LogP contribution in [0.3, 0.4) is 0 Å². The molecule has 1 aromatic heterocycles. The van der Waals surface area contributed by atoms with Gasteiger partial charge in [0.05, 0.1) is 14.2 Å². The Kier molecular flexibility index (Phi) is 5.55. The molecule has 0 amide bonds. The Morgan fingerprint density at radius 1 is 0.926 bits per heavy atom. The number of nitrogens with two attached hydrogens (primary N) is 1. The number of anilines is 3. The van der Waals surface area contributed by atoms with Crippen LogP contribution in [-0.2, 0) is 6.61 Å². The molecule has 0 saturated heterocycles. The van der Waals surface area contributed by atoms with Crippen LogP contribution in [0.25, 0.3) is 0 Å². The van der Waals surface area contributed by atoms with Crippen LogP contribution in [0.15, 0.2) is 42.5 Å². The standard InChI is InChI=1S/C19H21N5O3/c1-12-7-9-13(10-8-12)21-19-23-16(22-18(20)24-19)11-27-17-14(25-2)5-4-6-15(17)26-3/h4-10H,11H2,1-3H3,(H3,20,21,22,23,24). The molecule has 0 unspecified atom stereocenters. The number of methoxy groups -OCH3 is 2. The van der Waals surface area contributed by atoms with Gasteiger partial charge in [-0.25, -0.2) is 0 Å². The van der Waals surface area contributed by atoms with E-state index < -0.39 is 0 Å². The van der Waals surface area contributed by atoms with Crippen molar-refractivity contribution in [2.75, 3.05) is 25.3 Å². The van der Waals surface area contributed by atoms with E-state index in [1.165, 1.54) is 0 Å². The molecule has 0 bridgehead atoms. The predicted octanol–water partition coefficient (Wildman–Crippen LogP) is 3.10. The molecule has 3 N–H and O–H groups in total. The molecule has 0 fully saturated rings. The Labute approximate surface area is 157 Å². The van der Waals surface area contributed by atoms with Crippen LogP contribution in [-0.4, -0.2) is 29.2 Å². The molecule has 0 saturated carbocycles. The minimum Gasteiger partial charge on any atom is -0.493 e. The van der Waals surface area contributed by atoms with Crippen LogP contribution in [0.1, 0.15) is 11.4 Å². The maximum atomic E-state index is 5.83. The van der Waals surface area contributed by atoms with Crippen LogP contribution in [0.4, 0.5) is 17.6 Å². The lowest BCUT2D eigenvalue weighted by molar-refractivity contribution is 0.259. The summed E-state index contributed by atoms with van der Waals surface area (Å²) in [5, 5.41) is 3.11. The van der Waals surface area contributed by atoms with Gasteiger partial charge in [0.25, 0.3) is 0 Å². The molecule has 3 aromatic rings. The van der Waals surface area contributed by atoms with E-state index in [0.717, 1.165) is 11.3 Å². The van der Waals surface area contributed by atoms with Crippen molar-refractivity contribution in [3.05, 3.63) is 53.9 Å². The van der Waals surface area contributed by atoms with E-state index in [1.54, 1.807) is 26.4 Å². The van der Waals surface area contributed by atoms with E-state index in [4.69, 9.17) is 19.9 Å². The number of rotatable bonds is 7. The first kappa shape index (κ1) is 18.2. The van der Waals surface area contributed by atoms with E-state index in [0.29, 0.717) is 29.0 Å². The molecule has 0 atom stereocenters. The Morgan fingerprint density at radius 2 is 1.59 bits per heavy atom. The minimum absolute atomic E-state index is 0.0754. The molecular formula is C19H21N5O3. The zero-order chi connectivity index (χ0) is 19.2. The van der Waals surface area contributed by atoms with E-state index in [1.807, 2.05) is 37.3 Å². The highest BCUT2D eigenvalue weighted by atomic mass is 16.5. The van der Waals surface area contributed by atoms with Crippen LogP contribution in [0.5, 0.6) is 17.2 Å². The first-order chi connectivity index (χ1) is 13.1. The number of hydrogen-bond acceptors (Lipinski definition) is 8. The van der Waals surface area contributed by atoms with Gasteiger partial charge in [0.2, 0.25) is 17.6 Å². The lowest BCUT2D eigenvalue weighted by Crippen LogP contribution is -2.10. The molecule has 3 rings (SSSR count). The Morgan fingerprint density at radius 3 is 2.22 bits per heavy atom. The fourth-order valence-corrected chi connectivity index (χ4v) is 2.42. The highest BCUT2D eigenvalue weighted by molar-refractivity contribution is 5.54. The number of aromatic nitrogens is 3. The molecule has 0 aliphatic heterocycles. The Balaban J connectivity index is 1.78. The topological polar surface area (TPSA) is 104 Å². The van der Waals surface area contributed by atoms with Crippen molar-refractivity contribution in [1.29, 1.82) is 0 Å². The Hall–Kier alpha value is -3.55. The zero-order valence-electron chi connectivity index (χ0n) is 15.4. The van der Waals surface area contributed by atoms with Crippen molar-refractivity contribution in [1.82, 2.24) is 15.0 Å². The normalized spacial score (nSPS) is 10.3. The van der Waals surface area contributed by atoms with Gasteiger partial charge in [-0.15, -0.1) is 0 Å². The highest BCUT2D eigenvalue weighted by Gasteiger charge is 2.13. The summed E-state index contributed by atoms with van der Waals surface area (Å²) in [6.07, 6.45) is 0. The van der Waals surface area contributed by atoms with Gasteiger partial charge in [0, 0.05) is 5.69 Å². The van der Waals surface area contributed by atoms with Crippen molar-refractivity contribution >= 4 is 17.6 Å². The van der Waals surface area contributed by atoms with E-state index in [9.17, 15) is 0 Å². The molecule has 1 heterocycles. The van der Waals surface area contributed by atoms with Gasteiger partial charge in [-0.3, -0.25) is 0 Å². The van der Waals surface area contributed by atoms with Gasteiger partial charge in [-0.1, -0.05) is 23.8 Å². The van der Waals surface area contributed by atoms with Gasteiger partial charge < -0.3 is 25.3 Å². The van der Waals surface area contributed by atoms with Crippen molar-refractivity contribution in [3.63, 3.8) is 0 Å². The van der Waals surface area contributed by atoms with Gasteiger partial charge >= 0.3 is 0 Å². The number of ether oxygens (including phenoxy) is 3. The lowest BCUT2D eigenvalue weighted by Gasteiger charge is -2.14. The van der Waals surface area contributed by atoms with Crippen molar-refractivity contribution < 1.29 is 14.2 Å². The second kappa shape index (κ2) is 8.22. The predicted molar refractivity (Wildman–Crippen MR) is 103 cm³/mol. The molecule has 2 aromatic carbocycles. The number of nitrogens with one attached hydrogen (secondary N) is 1. The van der Waals surface area contributed by atoms with Crippen LogP contribution in [0.2, 0.25) is 0 Å². The first-order valence-electron chi connectivity index (χ1n) is 8.27. The zero-order valence-corrected chi connectivity index (χ0v) is 15.4. The van der Waals surface area contributed by atoms with Crippen LogP contribution >= 0.6 is 0 Å². The summed E-state index contributed by atoms with van der Waals surface area (Å²) in [5.41, 5.74) is 7.83. The maximum absolute atomic E-state index is 5.83. The van der Waals surface area contributed by atoms with E-state index in [2.05, 4.69) is 20.3 Å². The maximum Gasteiger partial charge on any atom is 0.232 e. The number of nitrogen functional groups attached to an aromatic ring is 1. The summed E-state index contributed by atoms with van der Waals surface area (Å²) >= 11 is 0. The van der Waals surface area contributed by atoms with Crippen molar-refractivity contribution in [2.45, 2.75) is 13.5 Å². The van der Waals surface area contributed by atoms with Crippen molar-refractivity contribution in [2.24, 2.45) is 0 Å². The fraction of sp³-hybridized carbons (Fsp3) is 0.211. The molecule has 27 heavy (non-hydrogen) atoms. The van der Waals surface area contributed by atoms with Gasteiger partial charge in [0.1, 0.15) is 6.61 Å². The fourth-order valence-electron chi connectivity index (χ4n) is 2.42. The van der Waals surface area contributed by atoms with E-state index >= 15 is 0 Å². The summed E-state index contributed by atoms with van der Waals surface area (Å²) in [7, 11) is 3.12. The molecule has 0 aliphatic rings. The van der Waals surface area contributed by atoms with Gasteiger partial charge in [-0.2, -0.15) is 15.0 Å². The largest absolute Gasteiger partial charge is 0.493 e. The summed E-state index contributed by atoms with van der Waals surface area (Å²) in [6.45, 7) is 2.10. The van der Waals surface area contributed by atoms with Gasteiger partial charge in [-0.05, 0) is 31.2 Å². The minimum atomic E-state index is 0.0754. The number of hydrogen-bond donors (Lipinski definition) is 2. The Bertz CT molecular complexity index is 893. The summed E-state index contributed by atoms with van der Waals surface area (Å²) in [5.74, 6) is 2.39. The average Bonchev–Trinajstić information content (AvgIpc) is 2.67. The summed E-state index contributed by atoms with van der Waals surface area (Å²) in [4.78, 5) is 12.6. The average molecular weight is 367 g/mol. The van der Waals surface area contributed by atoms with Crippen LogP contribution < -0.4 is 25.3 Å². The number of benzene rings is 2. The van der Waals surface area contributed by atoms with Crippen LogP contribution in [0, 0.1) is 6.92 Å². The molecular weight excluding hydrogens is 346 g/mol. The highest BCUT2D eigenvalue weighted by Crippen LogP contribution is 2.37. The second-order valence-electron chi connectivity index (χ2n) is 5.70. The van der Waals surface area contributed by atoms with Crippen molar-refractivity contribution in [3.8, 4) is 17.2 Å². The van der Waals surface area contributed by atoms with E-state index in [-0.39, 0.29) is 12.6 Å². The monoisotopic (exact) mass is 367 g/mol. The third-order valence-corrected chi connectivity index (χ3v) is 3.73. The SMILES string of the molecule is COc1cccc(OC)c1OCc1nc(N)nc(Nc2ccc(C)cc2)n1. The first-order valence-corrected chi connectivity index (χ1v) is 8.27.